The molecule has 1 N–H and O–H groups in total. The van der Waals surface area contributed by atoms with Crippen LogP contribution in [0.25, 0.3) is 11.0 Å². The van der Waals surface area contributed by atoms with Crippen LogP contribution in [0.5, 0.6) is 0 Å². The number of aromatic amines is 1. The van der Waals surface area contributed by atoms with E-state index in [1.54, 1.807) is 6.33 Å². The van der Waals surface area contributed by atoms with Gasteiger partial charge in [-0.1, -0.05) is 19.3 Å². The van der Waals surface area contributed by atoms with E-state index in [-0.39, 0.29) is 5.92 Å². The van der Waals surface area contributed by atoms with E-state index in [4.69, 9.17) is 0 Å². The monoisotopic (exact) mass is 353 g/mol. The number of rotatable bonds is 2. The topological polar surface area (TPSA) is 65.1 Å². The molecule has 0 aromatic carbocycles. The number of carbonyl (C=O) groups is 1. The van der Waals surface area contributed by atoms with E-state index in [0.717, 1.165) is 62.0 Å². The third kappa shape index (κ3) is 2.58. The number of anilines is 1. The van der Waals surface area contributed by atoms with Crippen LogP contribution in [0.3, 0.4) is 0 Å². The fourth-order valence-electron chi connectivity index (χ4n) is 5.39. The number of H-pyrrole nitrogens is 1. The Morgan fingerprint density at radius 3 is 2.77 bits per heavy atom. The second kappa shape index (κ2) is 6.56. The third-order valence-electron chi connectivity index (χ3n) is 6.65. The van der Waals surface area contributed by atoms with Crippen molar-refractivity contribution in [3.8, 4) is 0 Å². The predicted octanol–water partition coefficient (Wildman–Crippen LogP) is 3.11. The molecule has 1 saturated carbocycles. The molecule has 6 heteroatoms. The molecule has 4 heterocycles. The first-order valence-electron chi connectivity index (χ1n) is 10.2. The van der Waals surface area contributed by atoms with Gasteiger partial charge in [0.05, 0.1) is 17.5 Å². The van der Waals surface area contributed by atoms with Crippen molar-refractivity contribution in [1.82, 2.24) is 19.9 Å². The molecular weight excluding hydrogens is 326 g/mol. The summed E-state index contributed by atoms with van der Waals surface area (Å²) < 4.78 is 0. The quantitative estimate of drug-likeness (QED) is 0.901. The summed E-state index contributed by atoms with van der Waals surface area (Å²) in [5.41, 5.74) is 0.893. The van der Waals surface area contributed by atoms with Crippen molar-refractivity contribution in [2.24, 2.45) is 5.92 Å². The van der Waals surface area contributed by atoms with E-state index in [1.807, 2.05) is 6.20 Å². The van der Waals surface area contributed by atoms with Crippen molar-refractivity contribution < 1.29 is 4.79 Å². The van der Waals surface area contributed by atoms with Gasteiger partial charge in [-0.05, 0) is 38.2 Å². The Balaban J connectivity index is 1.40. The summed E-state index contributed by atoms with van der Waals surface area (Å²) in [5, 5.41) is 1.09. The zero-order valence-corrected chi connectivity index (χ0v) is 15.2. The van der Waals surface area contributed by atoms with E-state index >= 15 is 0 Å². The molecule has 1 amide bonds. The first-order chi connectivity index (χ1) is 12.8. The minimum atomic E-state index is 0.270. The lowest BCUT2D eigenvalue weighted by atomic mass is 9.86. The number of carbonyl (C=O) groups excluding carboxylic acids is 1. The van der Waals surface area contributed by atoms with Crippen LogP contribution >= 0.6 is 0 Å². The predicted molar refractivity (Wildman–Crippen MR) is 101 cm³/mol. The SMILES string of the molecule is O=C(C1CCCCC1)N1CCC[C@@H]2[C@H]1CCN2c1ncnc2[nH]ccc12. The number of piperidine rings is 1. The first-order valence-corrected chi connectivity index (χ1v) is 10.2. The van der Waals surface area contributed by atoms with Crippen molar-refractivity contribution in [1.29, 1.82) is 0 Å². The second-order valence-electron chi connectivity index (χ2n) is 8.06. The Hall–Kier alpha value is -2.11. The Morgan fingerprint density at radius 2 is 1.88 bits per heavy atom. The number of nitrogens with one attached hydrogen (secondary N) is 1. The van der Waals surface area contributed by atoms with Gasteiger partial charge in [0.15, 0.2) is 0 Å². The minimum absolute atomic E-state index is 0.270. The van der Waals surface area contributed by atoms with Gasteiger partial charge >= 0.3 is 0 Å². The maximum Gasteiger partial charge on any atom is 0.226 e. The molecule has 3 aliphatic rings. The molecule has 2 saturated heterocycles. The Morgan fingerprint density at radius 1 is 1.00 bits per heavy atom. The van der Waals surface area contributed by atoms with Crippen molar-refractivity contribution in [3.05, 3.63) is 18.6 Å². The molecule has 5 rings (SSSR count). The normalized spacial score (nSPS) is 27.1. The summed E-state index contributed by atoms with van der Waals surface area (Å²) in [6, 6.07) is 2.80. The smallest absolute Gasteiger partial charge is 0.226 e. The lowest BCUT2D eigenvalue weighted by Gasteiger charge is -2.42. The largest absolute Gasteiger partial charge is 0.351 e. The zero-order valence-electron chi connectivity index (χ0n) is 15.2. The van der Waals surface area contributed by atoms with Crippen LogP contribution in [0.2, 0.25) is 0 Å². The van der Waals surface area contributed by atoms with Crippen LogP contribution < -0.4 is 4.90 Å². The zero-order chi connectivity index (χ0) is 17.5. The average molecular weight is 353 g/mol. The molecule has 26 heavy (non-hydrogen) atoms. The lowest BCUT2D eigenvalue weighted by molar-refractivity contribution is -0.140. The van der Waals surface area contributed by atoms with E-state index in [1.165, 1.54) is 19.3 Å². The summed E-state index contributed by atoms with van der Waals surface area (Å²) in [4.78, 5) is 30.0. The van der Waals surface area contributed by atoms with Gasteiger partial charge < -0.3 is 14.8 Å². The van der Waals surface area contributed by atoms with Crippen LogP contribution in [-0.2, 0) is 4.79 Å². The molecular formula is C20H27N5O. The van der Waals surface area contributed by atoms with Crippen molar-refractivity contribution >= 4 is 22.8 Å². The highest BCUT2D eigenvalue weighted by Crippen LogP contribution is 2.37. The van der Waals surface area contributed by atoms with Gasteiger partial charge in [0, 0.05) is 25.2 Å². The average Bonchev–Trinajstić information content (AvgIpc) is 3.34. The van der Waals surface area contributed by atoms with Crippen LogP contribution in [0.4, 0.5) is 5.82 Å². The minimum Gasteiger partial charge on any atom is -0.351 e. The van der Waals surface area contributed by atoms with Crippen molar-refractivity contribution in [2.45, 2.75) is 63.5 Å². The highest BCUT2D eigenvalue weighted by Gasteiger charge is 2.44. The molecule has 2 aromatic rings. The fourth-order valence-corrected chi connectivity index (χ4v) is 5.39. The number of aromatic nitrogens is 3. The summed E-state index contributed by atoms with van der Waals surface area (Å²) in [5.74, 6) is 1.72. The van der Waals surface area contributed by atoms with Gasteiger partial charge in [-0.2, -0.15) is 0 Å². The van der Waals surface area contributed by atoms with Gasteiger partial charge in [-0.25, -0.2) is 9.97 Å². The maximum absolute atomic E-state index is 13.2. The molecule has 2 atom stereocenters. The highest BCUT2D eigenvalue weighted by atomic mass is 16.2. The first kappa shape index (κ1) is 16.1. The lowest BCUT2D eigenvalue weighted by Crippen LogP contribution is -2.53. The van der Waals surface area contributed by atoms with Crippen LogP contribution in [-0.4, -0.2) is 50.9 Å². The number of amides is 1. The van der Waals surface area contributed by atoms with Gasteiger partial charge in [-0.3, -0.25) is 4.79 Å². The summed E-state index contributed by atoms with van der Waals surface area (Å²) in [7, 11) is 0. The Kier molecular flexibility index (Phi) is 4.06. The number of nitrogens with zero attached hydrogens (tertiary/aromatic N) is 4. The molecule has 0 bridgehead atoms. The third-order valence-corrected chi connectivity index (χ3v) is 6.65. The highest BCUT2D eigenvalue weighted by molar-refractivity contribution is 5.87. The molecule has 1 aliphatic carbocycles. The molecule has 0 spiro atoms. The van der Waals surface area contributed by atoms with Crippen LogP contribution in [0, 0.1) is 5.92 Å². The molecule has 0 unspecified atom stereocenters. The maximum atomic E-state index is 13.2. The van der Waals surface area contributed by atoms with Gasteiger partial charge in [0.1, 0.15) is 17.8 Å². The van der Waals surface area contributed by atoms with E-state index in [9.17, 15) is 4.79 Å². The Bertz CT molecular complexity index is 796. The van der Waals surface area contributed by atoms with Gasteiger partial charge in [-0.15, -0.1) is 0 Å². The van der Waals surface area contributed by atoms with Crippen molar-refractivity contribution in [2.75, 3.05) is 18.0 Å². The van der Waals surface area contributed by atoms with Crippen LogP contribution in [0.15, 0.2) is 18.6 Å². The number of hydrogen-bond acceptors (Lipinski definition) is 4. The van der Waals surface area contributed by atoms with E-state index in [2.05, 4.69) is 30.8 Å². The summed E-state index contributed by atoms with van der Waals surface area (Å²) in [6.45, 7) is 1.91. The molecule has 0 radical (unpaired) electrons. The number of likely N-dealkylation sites (tertiary alicyclic amines) is 1. The molecule has 6 nitrogen and oxygen atoms in total. The van der Waals surface area contributed by atoms with E-state index in [0.29, 0.717) is 18.0 Å². The number of hydrogen-bond donors (Lipinski definition) is 1. The molecule has 3 fully saturated rings. The van der Waals surface area contributed by atoms with E-state index < -0.39 is 0 Å². The van der Waals surface area contributed by atoms with Gasteiger partial charge in [0.25, 0.3) is 0 Å². The second-order valence-corrected chi connectivity index (χ2v) is 8.06. The molecule has 138 valence electrons. The van der Waals surface area contributed by atoms with Crippen LogP contribution in [0.1, 0.15) is 51.4 Å². The molecule has 2 aliphatic heterocycles. The summed E-state index contributed by atoms with van der Waals surface area (Å²) >= 11 is 0. The van der Waals surface area contributed by atoms with Gasteiger partial charge in [0.2, 0.25) is 5.91 Å². The standard InChI is InChI=1S/C20H27N5O/c26-20(14-5-2-1-3-6-14)25-11-4-7-16-17(25)9-12-24(16)19-15-8-10-21-18(15)22-13-23-19/h8,10,13-14,16-17H,1-7,9,11-12H2,(H,21,22,23)/t16-,17-/m1/s1. The summed E-state index contributed by atoms with van der Waals surface area (Å²) in [6.07, 6.45) is 12.8. The molecule has 2 aromatic heterocycles. The number of fused-ring (bicyclic) bond motifs is 2. The van der Waals surface area contributed by atoms with Crippen molar-refractivity contribution in [3.63, 3.8) is 0 Å². The fraction of sp³-hybridized carbons (Fsp3) is 0.650. The Labute approximate surface area is 154 Å².